The van der Waals surface area contributed by atoms with Crippen LogP contribution in [-0.4, -0.2) is 12.1 Å². The van der Waals surface area contributed by atoms with Gasteiger partial charge in [0.05, 0.1) is 11.1 Å². The van der Waals surface area contributed by atoms with Crippen molar-refractivity contribution in [2.75, 3.05) is 0 Å². The fourth-order valence-corrected chi connectivity index (χ4v) is 3.57. The molecule has 2 aliphatic rings. The van der Waals surface area contributed by atoms with Gasteiger partial charge in [0, 0.05) is 0 Å². The number of carbonyl (C=O) groups is 1. The van der Waals surface area contributed by atoms with Gasteiger partial charge in [-0.05, 0) is 30.7 Å². The van der Waals surface area contributed by atoms with Gasteiger partial charge in [-0.3, -0.25) is 0 Å². The largest absolute Gasteiger partial charge is 0.456 e. The topological polar surface area (TPSA) is 44.8 Å². The minimum Gasteiger partial charge on any atom is -0.456 e. The van der Waals surface area contributed by atoms with Gasteiger partial charge in [-0.1, -0.05) is 56.9 Å². The Morgan fingerprint density at radius 2 is 1.56 bits per heavy atom. The molecule has 4 heteroatoms. The van der Waals surface area contributed by atoms with Crippen LogP contribution in [0.3, 0.4) is 0 Å². The summed E-state index contributed by atoms with van der Waals surface area (Å²) in [5.74, 6) is -0.151. The van der Waals surface area contributed by atoms with E-state index in [2.05, 4.69) is 6.92 Å². The fraction of sp³-hybridized carbons (Fsp3) is 0.381. The van der Waals surface area contributed by atoms with Gasteiger partial charge >= 0.3 is 5.97 Å². The summed E-state index contributed by atoms with van der Waals surface area (Å²) in [6, 6.07) is 15.2. The predicted octanol–water partition coefficient (Wildman–Crippen LogP) is 4.91. The molecule has 0 saturated carbocycles. The number of esters is 1. The van der Waals surface area contributed by atoms with Gasteiger partial charge in [-0.15, -0.1) is 0 Å². The van der Waals surface area contributed by atoms with Crippen LogP contribution in [0.25, 0.3) is 0 Å². The van der Waals surface area contributed by atoms with Crippen molar-refractivity contribution in [1.82, 2.24) is 0 Å². The van der Waals surface area contributed by atoms with Gasteiger partial charge in [0.25, 0.3) is 5.79 Å². The van der Waals surface area contributed by atoms with E-state index in [0.29, 0.717) is 17.9 Å². The lowest BCUT2D eigenvalue weighted by molar-refractivity contribution is -0.165. The van der Waals surface area contributed by atoms with Crippen molar-refractivity contribution in [3.8, 4) is 11.5 Å². The van der Waals surface area contributed by atoms with E-state index in [1.165, 1.54) is 6.42 Å². The zero-order valence-electron chi connectivity index (χ0n) is 14.4. The van der Waals surface area contributed by atoms with Crippen LogP contribution in [0.15, 0.2) is 48.5 Å². The SMILES string of the molecule is CCCCCCC1OC2(OC1=O)c1ccccc1Oc1ccccc12. The number of hydrogen-bond acceptors (Lipinski definition) is 4. The molecule has 4 nitrogen and oxygen atoms in total. The summed E-state index contributed by atoms with van der Waals surface area (Å²) in [6.07, 6.45) is 4.56. The smallest absolute Gasteiger partial charge is 0.338 e. The van der Waals surface area contributed by atoms with Crippen molar-refractivity contribution < 1.29 is 19.0 Å². The van der Waals surface area contributed by atoms with Crippen molar-refractivity contribution in [3.05, 3.63) is 59.7 Å². The predicted molar refractivity (Wildman–Crippen MR) is 93.5 cm³/mol. The van der Waals surface area contributed by atoms with Crippen molar-refractivity contribution in [1.29, 1.82) is 0 Å². The highest BCUT2D eigenvalue weighted by atomic mass is 16.8. The van der Waals surface area contributed by atoms with E-state index >= 15 is 0 Å². The maximum Gasteiger partial charge on any atom is 0.338 e. The molecule has 4 rings (SSSR count). The van der Waals surface area contributed by atoms with E-state index in [4.69, 9.17) is 14.2 Å². The molecule has 0 aromatic heterocycles. The van der Waals surface area contributed by atoms with E-state index in [1.54, 1.807) is 0 Å². The highest BCUT2D eigenvalue weighted by molar-refractivity contribution is 5.78. The molecule has 2 heterocycles. The van der Waals surface area contributed by atoms with E-state index in [1.807, 2.05) is 48.5 Å². The highest BCUT2D eigenvalue weighted by Crippen LogP contribution is 2.52. The Labute approximate surface area is 147 Å². The Kier molecular flexibility index (Phi) is 4.22. The molecule has 0 radical (unpaired) electrons. The Hall–Kier alpha value is -2.33. The summed E-state index contributed by atoms with van der Waals surface area (Å²) in [7, 11) is 0. The molecule has 1 fully saturated rings. The van der Waals surface area contributed by atoms with Gasteiger partial charge < -0.3 is 14.2 Å². The highest BCUT2D eigenvalue weighted by Gasteiger charge is 2.55. The lowest BCUT2D eigenvalue weighted by Crippen LogP contribution is -2.33. The summed E-state index contributed by atoms with van der Waals surface area (Å²) in [5.41, 5.74) is 1.50. The summed E-state index contributed by atoms with van der Waals surface area (Å²) in [4.78, 5) is 12.5. The second kappa shape index (κ2) is 6.52. The Bertz CT molecular complexity index is 737. The standard InChI is InChI=1S/C21H22O4/c1-2-3-4-5-14-19-20(22)25-21(24-19)15-10-6-8-12-17(15)23-18-13-9-7-11-16(18)21/h6-13,19H,2-5,14H2,1H3. The molecule has 130 valence electrons. The van der Waals surface area contributed by atoms with Crippen molar-refractivity contribution >= 4 is 5.97 Å². The van der Waals surface area contributed by atoms with Crippen LogP contribution in [0.4, 0.5) is 0 Å². The number of unbranched alkanes of at least 4 members (excludes halogenated alkanes) is 3. The Morgan fingerprint density at radius 1 is 0.920 bits per heavy atom. The first-order chi connectivity index (χ1) is 12.2. The molecule has 1 saturated heterocycles. The third-order valence-electron chi connectivity index (χ3n) is 4.84. The van der Waals surface area contributed by atoms with Crippen molar-refractivity contribution in [3.63, 3.8) is 0 Å². The van der Waals surface area contributed by atoms with E-state index in [-0.39, 0.29) is 5.97 Å². The fourth-order valence-electron chi connectivity index (χ4n) is 3.57. The van der Waals surface area contributed by atoms with Gasteiger partial charge in [0.1, 0.15) is 11.5 Å². The summed E-state index contributed by atoms with van der Waals surface area (Å²) in [5, 5.41) is 0. The zero-order valence-corrected chi connectivity index (χ0v) is 14.4. The minimum absolute atomic E-state index is 0.289. The lowest BCUT2D eigenvalue weighted by Gasteiger charge is -2.34. The average Bonchev–Trinajstić information content (AvgIpc) is 2.96. The molecule has 1 unspecified atom stereocenters. The molecule has 0 aliphatic carbocycles. The van der Waals surface area contributed by atoms with Crippen molar-refractivity contribution in [2.24, 2.45) is 0 Å². The van der Waals surface area contributed by atoms with Gasteiger partial charge in [-0.25, -0.2) is 4.79 Å². The second-order valence-electron chi connectivity index (χ2n) is 6.59. The summed E-state index contributed by atoms with van der Waals surface area (Å²) in [6.45, 7) is 2.17. The van der Waals surface area contributed by atoms with Gasteiger partial charge in [0.2, 0.25) is 0 Å². The maximum absolute atomic E-state index is 12.5. The van der Waals surface area contributed by atoms with Crippen LogP contribution in [-0.2, 0) is 20.1 Å². The number of fused-ring (bicyclic) bond motifs is 4. The van der Waals surface area contributed by atoms with Crippen LogP contribution in [0.2, 0.25) is 0 Å². The number of para-hydroxylation sites is 2. The Balaban J connectivity index is 1.68. The summed E-state index contributed by atoms with van der Waals surface area (Å²) >= 11 is 0. The number of rotatable bonds is 5. The van der Waals surface area contributed by atoms with Crippen LogP contribution in [0, 0.1) is 0 Å². The first kappa shape index (κ1) is 16.2. The average molecular weight is 338 g/mol. The molecule has 1 spiro atoms. The zero-order chi connectivity index (χ0) is 17.3. The molecule has 0 bridgehead atoms. The third kappa shape index (κ3) is 2.71. The van der Waals surface area contributed by atoms with Crippen LogP contribution in [0.5, 0.6) is 11.5 Å². The maximum atomic E-state index is 12.5. The quantitative estimate of drug-likeness (QED) is 0.574. The van der Waals surface area contributed by atoms with Crippen LogP contribution in [0.1, 0.15) is 50.2 Å². The van der Waals surface area contributed by atoms with Crippen LogP contribution >= 0.6 is 0 Å². The molecule has 25 heavy (non-hydrogen) atoms. The van der Waals surface area contributed by atoms with E-state index in [0.717, 1.165) is 30.4 Å². The number of benzene rings is 2. The van der Waals surface area contributed by atoms with E-state index in [9.17, 15) is 4.79 Å². The molecule has 2 aliphatic heterocycles. The first-order valence-electron chi connectivity index (χ1n) is 9.02. The molecule has 2 aromatic carbocycles. The van der Waals surface area contributed by atoms with Gasteiger partial charge in [-0.2, -0.15) is 0 Å². The normalized spacial score (nSPS) is 19.9. The molecular formula is C21H22O4. The first-order valence-corrected chi connectivity index (χ1v) is 9.02. The lowest BCUT2D eigenvalue weighted by atomic mass is 9.93. The number of ether oxygens (including phenoxy) is 3. The molecular weight excluding hydrogens is 316 g/mol. The molecule has 0 N–H and O–H groups in total. The monoisotopic (exact) mass is 338 g/mol. The Morgan fingerprint density at radius 3 is 2.20 bits per heavy atom. The second-order valence-corrected chi connectivity index (χ2v) is 6.59. The molecule has 0 amide bonds. The van der Waals surface area contributed by atoms with Crippen LogP contribution < -0.4 is 4.74 Å². The minimum atomic E-state index is -1.20. The van der Waals surface area contributed by atoms with Gasteiger partial charge in [0.15, 0.2) is 6.10 Å². The van der Waals surface area contributed by atoms with Crippen molar-refractivity contribution in [2.45, 2.75) is 50.9 Å². The third-order valence-corrected chi connectivity index (χ3v) is 4.84. The summed E-state index contributed by atoms with van der Waals surface area (Å²) < 4.78 is 18.1. The number of carbonyl (C=O) groups excluding carboxylic acids is 1. The number of hydrogen-bond donors (Lipinski definition) is 0. The molecule has 1 atom stereocenters. The molecule has 2 aromatic rings. The van der Waals surface area contributed by atoms with E-state index < -0.39 is 11.9 Å².